The molecule has 0 aromatic heterocycles. The Hall–Kier alpha value is -0.890. The molecule has 3 rings (SSSR count). The lowest BCUT2D eigenvalue weighted by molar-refractivity contribution is -0.120. The van der Waals surface area contributed by atoms with E-state index in [2.05, 4.69) is 24.8 Å². The van der Waals surface area contributed by atoms with E-state index in [9.17, 15) is 9.90 Å². The third-order valence-electron chi connectivity index (χ3n) is 5.87. The van der Waals surface area contributed by atoms with Gasteiger partial charge in [0.2, 0.25) is 5.91 Å². The van der Waals surface area contributed by atoms with Gasteiger partial charge in [0.05, 0.1) is 19.3 Å². The maximum atomic E-state index is 13.0. The first-order valence-corrected chi connectivity index (χ1v) is 10.5. The summed E-state index contributed by atoms with van der Waals surface area (Å²) in [6.07, 6.45) is 2.48. The number of fused-ring (bicyclic) bond motifs is 1. The van der Waals surface area contributed by atoms with E-state index in [4.69, 9.17) is 10.5 Å². The zero-order valence-corrected chi connectivity index (χ0v) is 19.7. The minimum Gasteiger partial charge on any atom is -0.390 e. The Morgan fingerprint density at radius 2 is 1.87 bits per heavy atom. The number of morpholine rings is 1. The number of hydrogen-bond acceptors (Lipinski definition) is 5. The molecule has 0 saturated carbocycles. The summed E-state index contributed by atoms with van der Waals surface area (Å²) in [7, 11) is 0. The smallest absolute Gasteiger partial charge is 0.227 e. The number of ether oxygens (including phenoxy) is 1. The van der Waals surface area contributed by atoms with Crippen LogP contribution in [0.2, 0.25) is 0 Å². The second-order valence-electron chi connectivity index (χ2n) is 8.97. The summed E-state index contributed by atoms with van der Waals surface area (Å²) in [5.41, 5.74) is 8.34. The zero-order valence-electron chi connectivity index (χ0n) is 18.1. The minimum atomic E-state index is -0.594. The average Bonchev–Trinajstić information content (AvgIpc) is 2.67. The van der Waals surface area contributed by atoms with Crippen molar-refractivity contribution < 1.29 is 14.6 Å². The molecule has 1 fully saturated rings. The first kappa shape index (κ1) is 27.1. The Morgan fingerprint density at radius 3 is 2.57 bits per heavy atom. The van der Waals surface area contributed by atoms with Gasteiger partial charge in [-0.25, -0.2) is 0 Å². The van der Waals surface area contributed by atoms with Crippen molar-refractivity contribution in [1.29, 1.82) is 0 Å². The van der Waals surface area contributed by atoms with E-state index in [0.717, 1.165) is 38.2 Å². The van der Waals surface area contributed by atoms with Crippen molar-refractivity contribution in [2.24, 2.45) is 11.1 Å². The largest absolute Gasteiger partial charge is 0.390 e. The number of rotatable bonds is 7. The van der Waals surface area contributed by atoms with Crippen LogP contribution in [0.3, 0.4) is 0 Å². The number of anilines is 1. The highest BCUT2D eigenvalue weighted by Gasteiger charge is 2.32. The van der Waals surface area contributed by atoms with E-state index in [1.807, 2.05) is 23.1 Å². The van der Waals surface area contributed by atoms with Crippen molar-refractivity contribution in [3.8, 4) is 0 Å². The second kappa shape index (κ2) is 12.2. The van der Waals surface area contributed by atoms with Gasteiger partial charge in [-0.15, -0.1) is 24.8 Å². The second-order valence-corrected chi connectivity index (χ2v) is 8.97. The van der Waals surface area contributed by atoms with Crippen LogP contribution in [-0.4, -0.2) is 67.5 Å². The fraction of sp³-hybridized carbons (Fsp3) is 0.682. The van der Waals surface area contributed by atoms with E-state index in [-0.39, 0.29) is 42.2 Å². The van der Waals surface area contributed by atoms with Crippen LogP contribution in [0.1, 0.15) is 38.7 Å². The molecule has 2 aliphatic rings. The summed E-state index contributed by atoms with van der Waals surface area (Å²) in [5, 5.41) is 10.5. The maximum Gasteiger partial charge on any atom is 0.227 e. The summed E-state index contributed by atoms with van der Waals surface area (Å²) in [6.45, 7) is 8.56. The number of amides is 1. The van der Waals surface area contributed by atoms with Crippen LogP contribution in [0.4, 0.5) is 5.69 Å². The SMILES string of the molecule is CC(C)(CC(=O)N1CCCc2ccccc21)C[C@H](N)[C@@H](O)CN1CCOCC1.Cl.Cl. The van der Waals surface area contributed by atoms with Gasteiger partial charge in [0, 0.05) is 44.3 Å². The van der Waals surface area contributed by atoms with Crippen molar-refractivity contribution in [2.75, 3.05) is 44.3 Å². The van der Waals surface area contributed by atoms with E-state index in [1.165, 1.54) is 5.56 Å². The van der Waals surface area contributed by atoms with Crippen molar-refractivity contribution in [2.45, 2.75) is 51.7 Å². The third-order valence-corrected chi connectivity index (χ3v) is 5.87. The molecule has 1 aromatic rings. The van der Waals surface area contributed by atoms with Crippen LogP contribution in [-0.2, 0) is 16.0 Å². The van der Waals surface area contributed by atoms with Gasteiger partial charge >= 0.3 is 0 Å². The molecular formula is C22H37Cl2N3O3. The lowest BCUT2D eigenvalue weighted by Crippen LogP contribution is -2.48. The number of aryl methyl sites for hydroxylation is 1. The number of aliphatic hydroxyl groups is 1. The molecule has 3 N–H and O–H groups in total. The highest BCUT2D eigenvalue weighted by atomic mass is 35.5. The molecule has 2 aliphatic heterocycles. The number of carbonyl (C=O) groups excluding carboxylic acids is 1. The number of carbonyl (C=O) groups is 1. The number of benzene rings is 1. The molecular weight excluding hydrogens is 425 g/mol. The van der Waals surface area contributed by atoms with Crippen molar-refractivity contribution in [1.82, 2.24) is 4.90 Å². The summed E-state index contributed by atoms with van der Waals surface area (Å²) in [5.74, 6) is 0.145. The maximum absolute atomic E-state index is 13.0. The summed E-state index contributed by atoms with van der Waals surface area (Å²) in [4.78, 5) is 17.2. The van der Waals surface area contributed by atoms with Gasteiger partial charge in [0.1, 0.15) is 0 Å². The standard InChI is InChI=1S/C22H35N3O3.2ClH/c1-22(2,14-18(23)20(26)16-24-10-12-28-13-11-24)15-21(27)25-9-5-7-17-6-3-4-8-19(17)25;;/h3-4,6,8,18,20,26H,5,7,9-16,23H2,1-2H3;2*1H/t18-,20-;;/m0../s1. The number of nitrogens with zero attached hydrogens (tertiary/aromatic N) is 2. The average molecular weight is 462 g/mol. The Morgan fingerprint density at radius 1 is 1.20 bits per heavy atom. The molecule has 0 bridgehead atoms. The van der Waals surface area contributed by atoms with Crippen molar-refractivity contribution >= 4 is 36.4 Å². The topological polar surface area (TPSA) is 79.0 Å². The molecule has 0 unspecified atom stereocenters. The van der Waals surface area contributed by atoms with Gasteiger partial charge in [-0.3, -0.25) is 9.69 Å². The molecule has 0 spiro atoms. The Kier molecular flexibility index (Phi) is 11.1. The minimum absolute atomic E-state index is 0. The highest BCUT2D eigenvalue weighted by molar-refractivity contribution is 5.94. The van der Waals surface area contributed by atoms with E-state index in [1.54, 1.807) is 0 Å². The predicted molar refractivity (Wildman–Crippen MR) is 126 cm³/mol. The van der Waals surface area contributed by atoms with Gasteiger partial charge in [-0.1, -0.05) is 32.0 Å². The molecule has 2 atom stereocenters. The van der Waals surface area contributed by atoms with Gasteiger partial charge in [0.25, 0.3) is 0 Å². The van der Waals surface area contributed by atoms with Gasteiger partial charge in [-0.05, 0) is 36.3 Å². The number of aliphatic hydroxyl groups excluding tert-OH is 1. The van der Waals surface area contributed by atoms with Gasteiger partial charge in [-0.2, -0.15) is 0 Å². The molecule has 0 aliphatic carbocycles. The van der Waals surface area contributed by atoms with Gasteiger partial charge in [0.15, 0.2) is 0 Å². The van der Waals surface area contributed by atoms with Crippen LogP contribution >= 0.6 is 24.8 Å². The normalized spacial score (nSPS) is 19.1. The molecule has 1 saturated heterocycles. The third kappa shape index (κ3) is 7.36. The summed E-state index contributed by atoms with van der Waals surface area (Å²) >= 11 is 0. The first-order valence-electron chi connectivity index (χ1n) is 10.5. The molecule has 1 aromatic carbocycles. The van der Waals surface area contributed by atoms with Crippen LogP contribution in [0.5, 0.6) is 0 Å². The fourth-order valence-corrected chi connectivity index (χ4v) is 4.33. The molecule has 30 heavy (non-hydrogen) atoms. The lowest BCUT2D eigenvalue weighted by Gasteiger charge is -2.35. The highest BCUT2D eigenvalue weighted by Crippen LogP contribution is 2.32. The fourth-order valence-electron chi connectivity index (χ4n) is 4.33. The van der Waals surface area contributed by atoms with Crippen LogP contribution < -0.4 is 10.6 Å². The summed E-state index contributed by atoms with van der Waals surface area (Å²) < 4.78 is 5.35. The first-order chi connectivity index (χ1) is 13.4. The molecule has 6 nitrogen and oxygen atoms in total. The number of halogens is 2. The lowest BCUT2D eigenvalue weighted by atomic mass is 9.80. The summed E-state index contributed by atoms with van der Waals surface area (Å²) in [6, 6.07) is 7.83. The number of hydrogen-bond donors (Lipinski definition) is 2. The van der Waals surface area contributed by atoms with Gasteiger partial charge < -0.3 is 20.5 Å². The van der Waals surface area contributed by atoms with Crippen molar-refractivity contribution in [3.63, 3.8) is 0 Å². The van der Waals surface area contributed by atoms with Crippen LogP contribution in [0.15, 0.2) is 24.3 Å². The van der Waals surface area contributed by atoms with E-state index >= 15 is 0 Å². The van der Waals surface area contributed by atoms with Crippen molar-refractivity contribution in [3.05, 3.63) is 29.8 Å². The number of β-amino-alcohol motifs (C(OH)–C–C–N with tert-alkyl or cyclic N) is 1. The molecule has 172 valence electrons. The number of para-hydroxylation sites is 1. The molecule has 2 heterocycles. The molecule has 8 heteroatoms. The quantitative estimate of drug-likeness (QED) is 0.652. The zero-order chi connectivity index (χ0) is 20.1. The predicted octanol–water partition coefficient (Wildman–Crippen LogP) is 2.64. The Balaban J connectivity index is 0.00000225. The molecule has 1 amide bonds. The Bertz CT molecular complexity index is 669. The van der Waals surface area contributed by atoms with E-state index < -0.39 is 6.10 Å². The van der Waals surface area contributed by atoms with E-state index in [0.29, 0.717) is 32.6 Å². The molecule has 0 radical (unpaired) electrons. The Labute approximate surface area is 192 Å². The van der Waals surface area contributed by atoms with Crippen LogP contribution in [0, 0.1) is 5.41 Å². The monoisotopic (exact) mass is 461 g/mol. The van der Waals surface area contributed by atoms with Crippen LogP contribution in [0.25, 0.3) is 0 Å². The number of nitrogens with two attached hydrogens (primary N) is 1.